The zero-order chi connectivity index (χ0) is 12.2. The maximum atomic E-state index is 10.8. The van der Waals surface area contributed by atoms with Crippen LogP contribution in [0.2, 0.25) is 0 Å². The molecule has 0 aromatic rings. The second-order valence-corrected chi connectivity index (χ2v) is 6.65. The van der Waals surface area contributed by atoms with Gasteiger partial charge in [-0.1, -0.05) is 22.5 Å². The predicted molar refractivity (Wildman–Crippen MR) is 68.3 cm³/mol. The molecule has 1 aliphatic rings. The largest absolute Gasteiger partial charge is 0.298 e. The Labute approximate surface area is 105 Å². The fraction of sp³-hybridized carbons (Fsp3) is 0.778. The molecular formula is C9H18BrN3O2S. The third kappa shape index (κ3) is 5.95. The molecule has 1 heterocycles. The molecule has 1 saturated heterocycles. The lowest BCUT2D eigenvalue weighted by molar-refractivity contribution is 0.191. The Kier molecular flexibility index (Phi) is 5.39. The summed E-state index contributed by atoms with van der Waals surface area (Å²) in [6.45, 7) is 6.96. The molecule has 94 valence electrons. The van der Waals surface area contributed by atoms with Crippen molar-refractivity contribution in [1.82, 2.24) is 9.62 Å². The third-order valence-corrected chi connectivity index (χ3v) is 3.39. The van der Waals surface area contributed by atoms with Crippen LogP contribution in [0.15, 0.2) is 11.1 Å². The smallest absolute Gasteiger partial charge is 0.274 e. The van der Waals surface area contributed by atoms with Crippen LogP contribution in [0.5, 0.6) is 0 Å². The van der Waals surface area contributed by atoms with E-state index in [1.54, 1.807) is 0 Å². The minimum Gasteiger partial charge on any atom is -0.298 e. The first-order chi connectivity index (χ1) is 7.37. The summed E-state index contributed by atoms with van der Waals surface area (Å²) in [7, 11) is -3.56. The van der Waals surface area contributed by atoms with Crippen LogP contribution in [0.4, 0.5) is 0 Å². The van der Waals surface area contributed by atoms with Crippen LogP contribution in [0, 0.1) is 5.92 Å². The van der Waals surface area contributed by atoms with Gasteiger partial charge in [-0.05, 0) is 25.3 Å². The van der Waals surface area contributed by atoms with Crippen molar-refractivity contribution in [2.75, 3.05) is 26.2 Å². The van der Waals surface area contributed by atoms with E-state index in [0.29, 0.717) is 12.5 Å². The van der Waals surface area contributed by atoms with Gasteiger partial charge in [0.25, 0.3) is 10.2 Å². The number of likely N-dealkylation sites (tertiary alicyclic amines) is 1. The third-order valence-electron chi connectivity index (χ3n) is 2.57. The molecule has 0 saturated carbocycles. The summed E-state index contributed by atoms with van der Waals surface area (Å²) >= 11 is 3.33. The Morgan fingerprint density at radius 2 is 2.31 bits per heavy atom. The zero-order valence-electron chi connectivity index (χ0n) is 9.15. The second kappa shape index (κ2) is 6.11. The van der Waals surface area contributed by atoms with Gasteiger partial charge in [-0.25, -0.2) is 9.86 Å². The molecule has 0 aliphatic carbocycles. The van der Waals surface area contributed by atoms with Crippen LogP contribution >= 0.6 is 15.9 Å². The summed E-state index contributed by atoms with van der Waals surface area (Å²) in [4.78, 5) is 2.26. The second-order valence-electron chi connectivity index (χ2n) is 4.15. The number of nitrogens with two attached hydrogens (primary N) is 1. The maximum absolute atomic E-state index is 10.8. The Bertz CT molecular complexity index is 345. The molecule has 5 nitrogen and oxygen atoms in total. The number of piperidine rings is 1. The quantitative estimate of drug-likeness (QED) is 0.771. The highest BCUT2D eigenvalue weighted by Gasteiger charge is 2.20. The van der Waals surface area contributed by atoms with Gasteiger partial charge in [0.05, 0.1) is 0 Å². The topological polar surface area (TPSA) is 75.4 Å². The van der Waals surface area contributed by atoms with E-state index < -0.39 is 10.2 Å². The molecule has 1 fully saturated rings. The minimum absolute atomic E-state index is 0.332. The molecule has 0 bridgehead atoms. The molecule has 1 unspecified atom stereocenters. The summed E-state index contributed by atoms with van der Waals surface area (Å²) < 4.78 is 24.8. The molecule has 3 N–H and O–H groups in total. The Morgan fingerprint density at radius 3 is 2.88 bits per heavy atom. The number of hydrogen-bond donors (Lipinski definition) is 2. The number of nitrogens with zero attached hydrogens (tertiary/aromatic N) is 1. The molecule has 1 aliphatic heterocycles. The SMILES string of the molecule is C=C(Br)CN1CCCC(CNS(N)(=O)=O)C1. The van der Waals surface area contributed by atoms with Gasteiger partial charge in [0, 0.05) is 24.1 Å². The first-order valence-corrected chi connectivity index (χ1v) is 7.54. The Hall–Kier alpha value is 0.0500. The van der Waals surface area contributed by atoms with Crippen molar-refractivity contribution in [2.24, 2.45) is 11.1 Å². The Morgan fingerprint density at radius 1 is 1.62 bits per heavy atom. The van der Waals surface area contributed by atoms with Crippen molar-refractivity contribution >= 4 is 26.1 Å². The highest BCUT2D eigenvalue weighted by atomic mass is 79.9. The van der Waals surface area contributed by atoms with Crippen molar-refractivity contribution in [3.8, 4) is 0 Å². The number of hydrogen-bond acceptors (Lipinski definition) is 3. The van der Waals surface area contributed by atoms with Gasteiger partial charge in [0.15, 0.2) is 0 Å². The molecule has 1 rings (SSSR count). The number of nitrogens with one attached hydrogen (secondary N) is 1. The normalized spacial score (nSPS) is 23.2. The van der Waals surface area contributed by atoms with Crippen LogP contribution in [0.3, 0.4) is 0 Å². The highest BCUT2D eigenvalue weighted by Crippen LogP contribution is 2.17. The molecular weight excluding hydrogens is 294 g/mol. The van der Waals surface area contributed by atoms with E-state index in [-0.39, 0.29) is 0 Å². The monoisotopic (exact) mass is 311 g/mol. The van der Waals surface area contributed by atoms with Crippen LogP contribution in [0.25, 0.3) is 0 Å². The van der Waals surface area contributed by atoms with Crippen molar-refractivity contribution in [2.45, 2.75) is 12.8 Å². The van der Waals surface area contributed by atoms with Gasteiger partial charge < -0.3 is 0 Å². The molecule has 0 spiro atoms. The van der Waals surface area contributed by atoms with Crippen LogP contribution in [-0.2, 0) is 10.2 Å². The van der Waals surface area contributed by atoms with Gasteiger partial charge in [-0.3, -0.25) is 4.90 Å². The van der Waals surface area contributed by atoms with E-state index >= 15 is 0 Å². The lowest BCUT2D eigenvalue weighted by Gasteiger charge is -2.32. The molecule has 7 heteroatoms. The van der Waals surface area contributed by atoms with Crippen molar-refractivity contribution in [1.29, 1.82) is 0 Å². The average molecular weight is 312 g/mol. The first kappa shape index (κ1) is 14.1. The summed E-state index contributed by atoms with van der Waals surface area (Å²) in [5.41, 5.74) is 0. The van der Waals surface area contributed by atoms with Crippen molar-refractivity contribution in [3.63, 3.8) is 0 Å². The van der Waals surface area contributed by atoms with Gasteiger partial charge >= 0.3 is 0 Å². The van der Waals surface area contributed by atoms with Gasteiger partial charge in [-0.2, -0.15) is 8.42 Å². The lowest BCUT2D eigenvalue weighted by Crippen LogP contribution is -2.42. The standard InChI is InChI=1S/C9H18BrN3O2S/c1-8(10)6-13-4-2-3-9(7-13)5-12-16(11,14)15/h9,12H,1-7H2,(H2,11,14,15). The van der Waals surface area contributed by atoms with Gasteiger partial charge in [0.1, 0.15) is 0 Å². The number of rotatable bonds is 5. The first-order valence-electron chi connectivity index (χ1n) is 5.20. The van der Waals surface area contributed by atoms with E-state index in [1.165, 1.54) is 0 Å². The van der Waals surface area contributed by atoms with E-state index in [1.807, 2.05) is 0 Å². The van der Waals surface area contributed by atoms with Crippen molar-refractivity contribution < 1.29 is 8.42 Å². The molecule has 16 heavy (non-hydrogen) atoms. The van der Waals surface area contributed by atoms with Gasteiger partial charge in [-0.15, -0.1) is 0 Å². The lowest BCUT2D eigenvalue weighted by atomic mass is 9.98. The van der Waals surface area contributed by atoms with E-state index in [4.69, 9.17) is 5.14 Å². The summed E-state index contributed by atoms with van der Waals surface area (Å²) in [6.07, 6.45) is 2.12. The average Bonchev–Trinajstić information content (AvgIpc) is 2.13. The molecule has 0 aromatic heterocycles. The van der Waals surface area contributed by atoms with E-state index in [2.05, 4.69) is 32.1 Å². The van der Waals surface area contributed by atoms with Crippen LogP contribution < -0.4 is 9.86 Å². The van der Waals surface area contributed by atoms with E-state index in [9.17, 15) is 8.42 Å². The molecule has 1 atom stereocenters. The van der Waals surface area contributed by atoms with Crippen LogP contribution in [-0.4, -0.2) is 39.5 Å². The summed E-state index contributed by atoms with van der Waals surface area (Å²) in [6, 6.07) is 0. The Balaban J connectivity index is 2.36. The number of halogens is 1. The molecule has 0 aromatic carbocycles. The maximum Gasteiger partial charge on any atom is 0.274 e. The van der Waals surface area contributed by atoms with Crippen LogP contribution in [0.1, 0.15) is 12.8 Å². The fourth-order valence-corrected chi connectivity index (χ4v) is 2.76. The minimum atomic E-state index is -3.56. The predicted octanol–water partition coefficient (Wildman–Crippen LogP) is 0.400. The van der Waals surface area contributed by atoms with E-state index in [0.717, 1.165) is 37.0 Å². The van der Waals surface area contributed by atoms with Gasteiger partial charge in [0.2, 0.25) is 0 Å². The molecule has 0 amide bonds. The summed E-state index contributed by atoms with van der Waals surface area (Å²) in [5.74, 6) is 0.332. The summed E-state index contributed by atoms with van der Waals surface area (Å²) in [5, 5.41) is 4.89. The van der Waals surface area contributed by atoms with Crippen molar-refractivity contribution in [3.05, 3.63) is 11.1 Å². The zero-order valence-corrected chi connectivity index (χ0v) is 11.6. The fourth-order valence-electron chi connectivity index (χ4n) is 1.94. The molecule has 0 radical (unpaired) electrons. The highest BCUT2D eigenvalue weighted by molar-refractivity contribution is 9.11.